The van der Waals surface area contributed by atoms with E-state index in [0.29, 0.717) is 23.4 Å². The monoisotopic (exact) mass is 311 g/mol. The molecule has 6 heteroatoms. The van der Waals surface area contributed by atoms with Crippen LogP contribution in [0.1, 0.15) is 34.1 Å². The van der Waals surface area contributed by atoms with Gasteiger partial charge in [0.25, 0.3) is 5.91 Å². The first-order chi connectivity index (χ1) is 11.0. The fraction of sp³-hybridized carbons (Fsp3) is 0.118. The quantitative estimate of drug-likeness (QED) is 0.877. The lowest BCUT2D eigenvalue weighted by Gasteiger charge is -2.09. The van der Waals surface area contributed by atoms with Crippen LogP contribution in [0.5, 0.6) is 0 Å². The standard InChI is InChI=1S/C17H16N2O4/c1-2-15(20)18-14-5-3-4-12(10-14)16(21)19-13-8-6-11(7-9-13)17(22)23/h3-10H,2H2,1H3,(H,18,20)(H,19,21)(H,22,23)/p-1. The SMILES string of the molecule is CCC(=O)Nc1cccc(C(=O)Nc2ccc(C(=O)[O-])cc2)c1. The molecule has 2 aromatic carbocycles. The molecular weight excluding hydrogens is 296 g/mol. The highest BCUT2D eigenvalue weighted by molar-refractivity contribution is 6.05. The van der Waals surface area contributed by atoms with Crippen LogP contribution in [0.15, 0.2) is 48.5 Å². The Balaban J connectivity index is 2.09. The van der Waals surface area contributed by atoms with Crippen LogP contribution in [0.25, 0.3) is 0 Å². The van der Waals surface area contributed by atoms with Crippen molar-refractivity contribution in [1.29, 1.82) is 0 Å². The zero-order chi connectivity index (χ0) is 16.8. The molecule has 0 unspecified atom stereocenters. The molecule has 0 aromatic heterocycles. The zero-order valence-corrected chi connectivity index (χ0v) is 12.5. The molecule has 6 nitrogen and oxygen atoms in total. The molecule has 0 aliphatic carbocycles. The van der Waals surface area contributed by atoms with Gasteiger partial charge in [0.1, 0.15) is 0 Å². The molecule has 0 atom stereocenters. The number of nitrogens with one attached hydrogen (secondary N) is 2. The summed E-state index contributed by atoms with van der Waals surface area (Å²) < 4.78 is 0. The Bertz CT molecular complexity index is 739. The second-order valence-electron chi connectivity index (χ2n) is 4.80. The molecule has 2 aromatic rings. The molecule has 2 amide bonds. The maximum atomic E-state index is 12.2. The Kier molecular flexibility index (Phi) is 5.09. The van der Waals surface area contributed by atoms with Crippen molar-refractivity contribution < 1.29 is 19.5 Å². The topological polar surface area (TPSA) is 98.3 Å². The predicted molar refractivity (Wildman–Crippen MR) is 84.1 cm³/mol. The van der Waals surface area contributed by atoms with E-state index in [0.717, 1.165) is 0 Å². The van der Waals surface area contributed by atoms with Gasteiger partial charge in [0, 0.05) is 23.4 Å². The van der Waals surface area contributed by atoms with E-state index in [-0.39, 0.29) is 17.4 Å². The minimum atomic E-state index is -1.28. The Morgan fingerprint density at radius 3 is 2.22 bits per heavy atom. The van der Waals surface area contributed by atoms with Gasteiger partial charge in [0.2, 0.25) is 5.91 Å². The Morgan fingerprint density at radius 2 is 1.61 bits per heavy atom. The van der Waals surface area contributed by atoms with Gasteiger partial charge in [-0.1, -0.05) is 25.1 Å². The summed E-state index contributed by atoms with van der Waals surface area (Å²) in [4.78, 5) is 34.2. The predicted octanol–water partition coefficient (Wildman–Crippen LogP) is 1.65. The third-order valence-corrected chi connectivity index (χ3v) is 3.11. The number of hydrogen-bond acceptors (Lipinski definition) is 4. The Labute approximate surface area is 133 Å². The second kappa shape index (κ2) is 7.22. The summed E-state index contributed by atoms with van der Waals surface area (Å²) in [5.41, 5.74) is 1.41. The summed E-state index contributed by atoms with van der Waals surface area (Å²) in [6.45, 7) is 1.74. The maximum Gasteiger partial charge on any atom is 0.255 e. The third-order valence-electron chi connectivity index (χ3n) is 3.11. The second-order valence-corrected chi connectivity index (χ2v) is 4.80. The molecule has 2 N–H and O–H groups in total. The van der Waals surface area contributed by atoms with Crippen LogP contribution in [0.4, 0.5) is 11.4 Å². The van der Waals surface area contributed by atoms with Crippen molar-refractivity contribution in [3.05, 3.63) is 59.7 Å². The molecule has 0 saturated heterocycles. The fourth-order valence-corrected chi connectivity index (χ4v) is 1.88. The van der Waals surface area contributed by atoms with Crippen LogP contribution in [0.2, 0.25) is 0 Å². The average Bonchev–Trinajstić information content (AvgIpc) is 2.55. The molecule has 0 spiro atoms. The molecule has 0 radical (unpaired) electrons. The summed E-state index contributed by atoms with van der Waals surface area (Å²) in [6.07, 6.45) is 0.348. The normalized spacial score (nSPS) is 9.96. The Morgan fingerprint density at radius 1 is 0.913 bits per heavy atom. The number of hydrogen-bond donors (Lipinski definition) is 2. The fourth-order valence-electron chi connectivity index (χ4n) is 1.88. The number of benzene rings is 2. The number of anilines is 2. The van der Waals surface area contributed by atoms with Crippen LogP contribution in [0.3, 0.4) is 0 Å². The van der Waals surface area contributed by atoms with Crippen LogP contribution in [-0.4, -0.2) is 17.8 Å². The molecular formula is C17H15N2O4-. The number of amides is 2. The molecule has 0 aliphatic rings. The molecule has 0 heterocycles. The van der Waals surface area contributed by atoms with Gasteiger partial charge in [-0.05, 0) is 35.9 Å². The minimum absolute atomic E-state index is 0.0345. The van der Waals surface area contributed by atoms with Gasteiger partial charge in [-0.25, -0.2) is 0 Å². The highest BCUT2D eigenvalue weighted by atomic mass is 16.4. The first kappa shape index (κ1) is 16.2. The van der Waals surface area contributed by atoms with Gasteiger partial charge in [0.15, 0.2) is 0 Å². The summed E-state index contributed by atoms with van der Waals surface area (Å²) in [7, 11) is 0. The molecule has 0 saturated carbocycles. The molecule has 0 fully saturated rings. The molecule has 2 rings (SSSR count). The van der Waals surface area contributed by atoms with Crippen molar-refractivity contribution in [2.45, 2.75) is 13.3 Å². The van der Waals surface area contributed by atoms with E-state index in [1.807, 2.05) is 0 Å². The molecule has 23 heavy (non-hydrogen) atoms. The zero-order valence-electron chi connectivity index (χ0n) is 12.5. The number of carbonyl (C=O) groups is 3. The minimum Gasteiger partial charge on any atom is -0.545 e. The number of carboxylic acid groups (broad SMARTS) is 1. The average molecular weight is 311 g/mol. The van der Waals surface area contributed by atoms with E-state index in [2.05, 4.69) is 10.6 Å². The first-order valence-electron chi connectivity index (χ1n) is 7.02. The van der Waals surface area contributed by atoms with Gasteiger partial charge >= 0.3 is 0 Å². The van der Waals surface area contributed by atoms with Crippen molar-refractivity contribution >= 4 is 29.2 Å². The van der Waals surface area contributed by atoms with Crippen LogP contribution < -0.4 is 15.7 Å². The first-order valence-corrected chi connectivity index (χ1v) is 7.02. The van der Waals surface area contributed by atoms with Crippen molar-refractivity contribution in [3.63, 3.8) is 0 Å². The van der Waals surface area contributed by atoms with Crippen molar-refractivity contribution in [1.82, 2.24) is 0 Å². The van der Waals surface area contributed by atoms with Crippen LogP contribution in [0, 0.1) is 0 Å². The largest absolute Gasteiger partial charge is 0.545 e. The van der Waals surface area contributed by atoms with E-state index < -0.39 is 5.97 Å². The Hall–Kier alpha value is -3.15. The summed E-state index contributed by atoms with van der Waals surface area (Å²) in [6, 6.07) is 12.2. The van der Waals surface area contributed by atoms with Crippen molar-refractivity contribution in [2.75, 3.05) is 10.6 Å². The lowest BCUT2D eigenvalue weighted by atomic mass is 10.1. The van der Waals surface area contributed by atoms with E-state index in [9.17, 15) is 19.5 Å². The molecule has 0 aliphatic heterocycles. The van der Waals surface area contributed by atoms with Crippen LogP contribution in [-0.2, 0) is 4.79 Å². The van der Waals surface area contributed by atoms with Crippen LogP contribution >= 0.6 is 0 Å². The summed E-state index contributed by atoms with van der Waals surface area (Å²) in [5.74, 6) is -1.78. The summed E-state index contributed by atoms with van der Waals surface area (Å²) >= 11 is 0. The van der Waals surface area contributed by atoms with Crippen molar-refractivity contribution in [2.24, 2.45) is 0 Å². The number of aromatic carboxylic acids is 1. The molecule has 118 valence electrons. The number of carboxylic acids is 1. The van der Waals surface area contributed by atoms with Gasteiger partial charge in [-0.15, -0.1) is 0 Å². The lowest BCUT2D eigenvalue weighted by Crippen LogP contribution is -2.22. The van der Waals surface area contributed by atoms with Crippen molar-refractivity contribution in [3.8, 4) is 0 Å². The van der Waals surface area contributed by atoms with E-state index >= 15 is 0 Å². The highest BCUT2D eigenvalue weighted by Crippen LogP contribution is 2.14. The number of rotatable bonds is 5. The maximum absolute atomic E-state index is 12.2. The van der Waals surface area contributed by atoms with Gasteiger partial charge in [-0.3, -0.25) is 9.59 Å². The number of carbonyl (C=O) groups excluding carboxylic acids is 3. The van der Waals surface area contributed by atoms with E-state index in [1.54, 1.807) is 31.2 Å². The smallest absolute Gasteiger partial charge is 0.255 e. The molecule has 0 bridgehead atoms. The highest BCUT2D eigenvalue weighted by Gasteiger charge is 2.08. The van der Waals surface area contributed by atoms with E-state index in [1.165, 1.54) is 24.3 Å². The van der Waals surface area contributed by atoms with Gasteiger partial charge in [0.05, 0.1) is 5.97 Å². The van der Waals surface area contributed by atoms with Gasteiger partial charge < -0.3 is 20.5 Å². The summed E-state index contributed by atoms with van der Waals surface area (Å²) in [5, 5.41) is 16.0. The van der Waals surface area contributed by atoms with E-state index in [4.69, 9.17) is 0 Å². The lowest BCUT2D eigenvalue weighted by molar-refractivity contribution is -0.255. The van der Waals surface area contributed by atoms with Gasteiger partial charge in [-0.2, -0.15) is 0 Å². The third kappa shape index (κ3) is 4.41.